The van der Waals surface area contributed by atoms with Gasteiger partial charge in [0.25, 0.3) is 0 Å². The van der Waals surface area contributed by atoms with E-state index in [0.717, 1.165) is 0 Å². The zero-order valence-electron chi connectivity index (χ0n) is 6.12. The standard InChI is InChI=1S/C3H8.C2H6.C2H4.CH4/c1-3-2;2*1-2;/h3H2,1-2H3;1-2H3;1-2H2;1H4. The zero-order valence-corrected chi connectivity index (χ0v) is 6.12. The van der Waals surface area contributed by atoms with Gasteiger partial charge in [-0.15, -0.1) is 13.2 Å². The van der Waals surface area contributed by atoms with Crippen molar-refractivity contribution in [2.45, 2.75) is 41.5 Å². The minimum atomic E-state index is 0. The fraction of sp³-hybridized carbons (Fsp3) is 0.750. The number of hydrogen-bond donors (Lipinski definition) is 0. The summed E-state index contributed by atoms with van der Waals surface area (Å²) in [6.45, 7) is 14.2. The molecule has 0 aromatic heterocycles. The zero-order chi connectivity index (χ0) is 6.71. The van der Waals surface area contributed by atoms with E-state index in [-0.39, 0.29) is 7.43 Å². The molecule has 0 nitrogen and oxygen atoms in total. The molecule has 0 radical (unpaired) electrons. The van der Waals surface area contributed by atoms with Gasteiger partial charge >= 0.3 is 0 Å². The molecule has 0 amide bonds. The van der Waals surface area contributed by atoms with Gasteiger partial charge in [0.15, 0.2) is 0 Å². The minimum Gasteiger partial charge on any atom is -0.106 e. The lowest BCUT2D eigenvalue weighted by molar-refractivity contribution is 1.09. The SMILES string of the molecule is C.C=C.CC.CCC. The summed E-state index contributed by atoms with van der Waals surface area (Å²) in [6, 6.07) is 0. The number of rotatable bonds is 0. The third-order valence-electron chi connectivity index (χ3n) is 0. The normalized spacial score (nSPS) is 3.50. The summed E-state index contributed by atoms with van der Waals surface area (Å²) < 4.78 is 0. The highest BCUT2D eigenvalue weighted by Crippen LogP contribution is 1.56. The highest BCUT2D eigenvalue weighted by molar-refractivity contribution is 4.22. The molecule has 8 heavy (non-hydrogen) atoms. The molecule has 0 heterocycles. The molecule has 0 bridgehead atoms. The maximum absolute atomic E-state index is 3.00. The third-order valence-corrected chi connectivity index (χ3v) is 0. The molecule has 0 aliphatic heterocycles. The van der Waals surface area contributed by atoms with Crippen LogP contribution < -0.4 is 0 Å². The van der Waals surface area contributed by atoms with Crippen molar-refractivity contribution in [2.75, 3.05) is 0 Å². The molecule has 0 saturated carbocycles. The second-order valence-electron chi connectivity index (χ2n) is 0.707. The van der Waals surface area contributed by atoms with Gasteiger partial charge in [-0.25, -0.2) is 0 Å². The van der Waals surface area contributed by atoms with Gasteiger partial charge < -0.3 is 0 Å². The summed E-state index contributed by atoms with van der Waals surface area (Å²) in [6.07, 6.45) is 1.25. The van der Waals surface area contributed by atoms with E-state index >= 15 is 0 Å². The summed E-state index contributed by atoms with van der Waals surface area (Å²) in [5, 5.41) is 0. The van der Waals surface area contributed by atoms with Gasteiger partial charge in [-0.3, -0.25) is 0 Å². The Morgan fingerprint density at radius 1 is 1.00 bits per heavy atom. The summed E-state index contributed by atoms with van der Waals surface area (Å²) in [4.78, 5) is 0. The van der Waals surface area contributed by atoms with E-state index in [2.05, 4.69) is 27.0 Å². The predicted molar refractivity (Wildman–Crippen MR) is 45.3 cm³/mol. The van der Waals surface area contributed by atoms with Gasteiger partial charge in [-0.05, 0) is 0 Å². The van der Waals surface area contributed by atoms with Crippen LogP contribution in [0.5, 0.6) is 0 Å². The van der Waals surface area contributed by atoms with Crippen molar-refractivity contribution in [1.82, 2.24) is 0 Å². The molecule has 0 rings (SSSR count). The van der Waals surface area contributed by atoms with E-state index in [0.29, 0.717) is 0 Å². The molecular formula is C8H22. The lowest BCUT2D eigenvalue weighted by Gasteiger charge is -1.48. The fourth-order valence-electron chi connectivity index (χ4n) is 0. The van der Waals surface area contributed by atoms with Crippen LogP contribution in [0.3, 0.4) is 0 Å². The monoisotopic (exact) mass is 118 g/mol. The van der Waals surface area contributed by atoms with Crippen LogP contribution in [0.25, 0.3) is 0 Å². The van der Waals surface area contributed by atoms with Crippen molar-refractivity contribution in [2.24, 2.45) is 0 Å². The Morgan fingerprint density at radius 2 is 1.00 bits per heavy atom. The molecule has 0 saturated heterocycles. The van der Waals surface area contributed by atoms with E-state index in [1.54, 1.807) is 0 Å². The smallest absolute Gasteiger partial charge is 0.0590 e. The summed E-state index contributed by atoms with van der Waals surface area (Å²) in [7, 11) is 0. The maximum Gasteiger partial charge on any atom is -0.0590 e. The Labute approximate surface area is 55.6 Å². The van der Waals surface area contributed by atoms with E-state index in [1.807, 2.05) is 13.8 Å². The van der Waals surface area contributed by atoms with Crippen LogP contribution in [-0.4, -0.2) is 0 Å². The summed E-state index contributed by atoms with van der Waals surface area (Å²) >= 11 is 0. The molecule has 0 unspecified atom stereocenters. The number of hydrogen-bond acceptors (Lipinski definition) is 0. The maximum atomic E-state index is 3.00. The first-order chi connectivity index (χ1) is 3.41. The second-order valence-corrected chi connectivity index (χ2v) is 0.707. The highest BCUT2D eigenvalue weighted by atomic mass is 13.4. The Morgan fingerprint density at radius 3 is 1.00 bits per heavy atom. The van der Waals surface area contributed by atoms with Crippen LogP contribution in [-0.2, 0) is 0 Å². The lowest BCUT2D eigenvalue weighted by Crippen LogP contribution is -1.27. The van der Waals surface area contributed by atoms with Crippen molar-refractivity contribution in [3.05, 3.63) is 13.2 Å². The van der Waals surface area contributed by atoms with Crippen molar-refractivity contribution in [1.29, 1.82) is 0 Å². The molecule has 0 heteroatoms. The quantitative estimate of drug-likeness (QED) is 0.423. The van der Waals surface area contributed by atoms with Gasteiger partial charge in [0, 0.05) is 0 Å². The van der Waals surface area contributed by atoms with Crippen molar-refractivity contribution in [3.8, 4) is 0 Å². The van der Waals surface area contributed by atoms with Gasteiger partial charge in [0.05, 0.1) is 0 Å². The first-order valence-electron chi connectivity index (χ1n) is 2.91. The lowest BCUT2D eigenvalue weighted by atomic mass is 10.6. The van der Waals surface area contributed by atoms with Gasteiger partial charge in [0.2, 0.25) is 0 Å². The first-order valence-corrected chi connectivity index (χ1v) is 2.91. The van der Waals surface area contributed by atoms with Crippen LogP contribution in [0.2, 0.25) is 0 Å². The van der Waals surface area contributed by atoms with Gasteiger partial charge in [-0.1, -0.05) is 41.5 Å². The molecule has 0 fully saturated rings. The molecule has 0 aromatic rings. The van der Waals surface area contributed by atoms with E-state index < -0.39 is 0 Å². The van der Waals surface area contributed by atoms with E-state index in [9.17, 15) is 0 Å². The Hall–Kier alpha value is -0.260. The van der Waals surface area contributed by atoms with Crippen LogP contribution in [0, 0.1) is 0 Å². The average molecular weight is 118 g/mol. The summed E-state index contributed by atoms with van der Waals surface area (Å²) in [5.41, 5.74) is 0. The topological polar surface area (TPSA) is 0 Å². The molecule has 0 atom stereocenters. The highest BCUT2D eigenvalue weighted by Gasteiger charge is 1.35. The van der Waals surface area contributed by atoms with Crippen molar-refractivity contribution in [3.63, 3.8) is 0 Å². The van der Waals surface area contributed by atoms with E-state index in [1.165, 1.54) is 6.42 Å². The molecule has 0 aromatic carbocycles. The van der Waals surface area contributed by atoms with Crippen LogP contribution in [0.4, 0.5) is 0 Å². The summed E-state index contributed by atoms with van der Waals surface area (Å²) in [5.74, 6) is 0. The van der Waals surface area contributed by atoms with Gasteiger partial charge in [-0.2, -0.15) is 0 Å². The molecule has 54 valence electrons. The van der Waals surface area contributed by atoms with Crippen LogP contribution in [0.15, 0.2) is 13.2 Å². The van der Waals surface area contributed by atoms with Crippen molar-refractivity contribution >= 4 is 0 Å². The average Bonchev–Trinajstić information content (AvgIpc) is 1.78. The predicted octanol–water partition coefficient (Wildman–Crippen LogP) is 3.88. The minimum absolute atomic E-state index is 0. The third kappa shape index (κ3) is 1910. The van der Waals surface area contributed by atoms with E-state index in [4.69, 9.17) is 0 Å². The Balaban J connectivity index is -0.0000000147. The Bertz CT molecular complexity index is 4.00. The molecule has 0 aliphatic rings. The van der Waals surface area contributed by atoms with Crippen LogP contribution >= 0.6 is 0 Å². The van der Waals surface area contributed by atoms with Gasteiger partial charge in [0.1, 0.15) is 0 Å². The molecular weight excluding hydrogens is 96.1 g/mol. The molecule has 0 N–H and O–H groups in total. The Kier molecular flexibility index (Phi) is 1270. The van der Waals surface area contributed by atoms with Crippen LogP contribution in [0.1, 0.15) is 41.5 Å². The van der Waals surface area contributed by atoms with Crippen molar-refractivity contribution < 1.29 is 0 Å². The largest absolute Gasteiger partial charge is 0.106 e. The molecule has 0 aliphatic carbocycles. The second kappa shape index (κ2) is 406. The fourth-order valence-corrected chi connectivity index (χ4v) is 0. The molecule has 0 spiro atoms. The first kappa shape index (κ1) is 25.1.